The second kappa shape index (κ2) is 22.3. The fourth-order valence-electron chi connectivity index (χ4n) is 10.5. The number of pyridine rings is 1. The lowest BCUT2D eigenvalue weighted by Gasteiger charge is -2.40. The summed E-state index contributed by atoms with van der Waals surface area (Å²) in [6, 6.07) is 33.0. The molecule has 3 fully saturated rings. The molecule has 0 unspecified atom stereocenters. The van der Waals surface area contributed by atoms with Crippen molar-refractivity contribution in [3.8, 4) is 0 Å². The number of hydrogen-bond acceptors (Lipinski definition) is 7. The van der Waals surface area contributed by atoms with Crippen molar-refractivity contribution in [2.75, 3.05) is 35.8 Å². The van der Waals surface area contributed by atoms with Crippen LogP contribution in [0.25, 0.3) is 0 Å². The third-order valence-electron chi connectivity index (χ3n) is 15.6. The molecule has 0 bridgehead atoms. The normalized spacial score (nSPS) is 23.0. The Hall–Kier alpha value is -4.78. The Morgan fingerprint density at radius 2 is 0.788 bits per heavy atom. The molecule has 66 heavy (non-hydrogen) atoms. The van der Waals surface area contributed by atoms with Crippen molar-refractivity contribution in [3.63, 3.8) is 0 Å². The van der Waals surface area contributed by atoms with Crippen LogP contribution in [0.15, 0.2) is 101 Å². The summed E-state index contributed by atoms with van der Waals surface area (Å²) in [5, 5.41) is 0. The van der Waals surface area contributed by atoms with E-state index < -0.39 is 0 Å². The van der Waals surface area contributed by atoms with E-state index in [1.165, 1.54) is 82.7 Å². The van der Waals surface area contributed by atoms with Crippen molar-refractivity contribution in [1.29, 1.82) is 0 Å². The highest BCUT2D eigenvalue weighted by Gasteiger charge is 2.32. The lowest BCUT2D eigenvalue weighted by molar-refractivity contribution is 0.112. The zero-order valence-electron chi connectivity index (χ0n) is 42.9. The monoisotopic (exact) mass is 893 g/mol. The van der Waals surface area contributed by atoms with Gasteiger partial charge in [0.25, 0.3) is 0 Å². The number of aliphatic imine (C=N–C) groups is 2. The molecule has 0 saturated heterocycles. The molecule has 0 N–H and O–H groups in total. The maximum atomic E-state index is 10.6. The van der Waals surface area contributed by atoms with E-state index >= 15 is 0 Å². The Bertz CT molecular complexity index is 2150. The Morgan fingerprint density at radius 1 is 0.455 bits per heavy atom. The molecule has 0 spiro atoms. The van der Waals surface area contributed by atoms with Gasteiger partial charge in [0.2, 0.25) is 0 Å². The zero-order valence-corrected chi connectivity index (χ0v) is 42.9. The molecule has 7 heteroatoms. The summed E-state index contributed by atoms with van der Waals surface area (Å²) in [6.45, 7) is 21.3. The molecular weight excluding hydrogens is 809 g/mol. The van der Waals surface area contributed by atoms with E-state index in [1.807, 2.05) is 30.5 Å². The maximum absolute atomic E-state index is 10.6. The summed E-state index contributed by atoms with van der Waals surface area (Å²) in [7, 11) is 6.45. The molecule has 3 aromatic carbocycles. The minimum atomic E-state index is 0.411. The minimum absolute atomic E-state index is 0.411. The number of benzene rings is 3. The Morgan fingerprint density at radius 3 is 1.17 bits per heavy atom. The van der Waals surface area contributed by atoms with Gasteiger partial charge in [-0.25, -0.2) is 4.98 Å². The Kier molecular flexibility index (Phi) is 17.1. The Balaban J connectivity index is 0.000000300. The van der Waals surface area contributed by atoms with Gasteiger partial charge in [-0.15, -0.1) is 0 Å². The maximum Gasteiger partial charge on any atom is 0.150 e. The minimum Gasteiger partial charge on any atom is -0.372 e. The SMILES string of the molecule is CC(C)(C)C1CCC(N=Cc2ccc(C=O)cc2)CC1.CN(c1ccc(C=NC2CCC(C(C)(C)C)CC2)cc1)c1cccc(N(C)c2ccc(N(C)C3CCC(C(C)(C)C)CC3)cc2)n1. The number of aromatic nitrogens is 1. The van der Waals surface area contributed by atoms with Crippen LogP contribution in [-0.2, 0) is 0 Å². The predicted molar refractivity (Wildman–Crippen MR) is 284 cm³/mol. The zero-order chi connectivity index (χ0) is 47.6. The molecule has 0 atom stereocenters. The van der Waals surface area contributed by atoms with Crippen LogP contribution in [0.2, 0.25) is 0 Å². The van der Waals surface area contributed by atoms with Gasteiger partial charge < -0.3 is 14.7 Å². The first-order chi connectivity index (χ1) is 31.3. The first-order valence-corrected chi connectivity index (χ1v) is 25.3. The summed E-state index contributed by atoms with van der Waals surface area (Å²) in [6.07, 6.45) is 20.1. The molecule has 3 saturated carbocycles. The van der Waals surface area contributed by atoms with E-state index in [2.05, 4.69) is 171 Å². The Labute approximate surface area is 400 Å². The average Bonchev–Trinajstić information content (AvgIpc) is 3.32. The van der Waals surface area contributed by atoms with Crippen LogP contribution in [0.1, 0.15) is 161 Å². The molecule has 356 valence electrons. The number of hydrogen-bond donors (Lipinski definition) is 0. The van der Waals surface area contributed by atoms with E-state index in [0.29, 0.717) is 39.9 Å². The number of aldehydes is 1. The van der Waals surface area contributed by atoms with Crippen molar-refractivity contribution in [2.24, 2.45) is 44.0 Å². The summed E-state index contributed by atoms with van der Waals surface area (Å²) in [5.74, 6) is 4.34. The summed E-state index contributed by atoms with van der Waals surface area (Å²) < 4.78 is 0. The first kappa shape index (κ1) is 50.6. The first-order valence-electron chi connectivity index (χ1n) is 25.3. The highest BCUT2D eigenvalue weighted by Crippen LogP contribution is 2.41. The second-order valence-corrected chi connectivity index (χ2v) is 23.1. The van der Waals surface area contributed by atoms with E-state index in [0.717, 1.165) is 58.2 Å². The number of nitrogens with zero attached hydrogens (tertiary/aromatic N) is 6. The molecular formula is C59H84N6O. The highest BCUT2D eigenvalue weighted by molar-refractivity contribution is 5.82. The number of carbonyl (C=O) groups is 1. The van der Waals surface area contributed by atoms with Crippen LogP contribution in [0.5, 0.6) is 0 Å². The standard InChI is InChI=1S/C41H59N5.C18H25NO/c1-40(2,3)31-15-19-33(20-16-31)42-29-30-13-21-36(22-14-30)45(8)38-11-10-12-39(43-38)46(9)37-27-25-35(26-28-37)44(7)34-23-17-32(18-24-34)41(4,5)6;1-18(2,3)16-8-10-17(11-9-16)19-12-14-4-6-15(13-20)7-5-14/h10-14,21-22,25-29,31-34H,15-20,23-24H2,1-9H3;4-7,12-13,16-17H,8-11H2,1-3H3. The number of carbonyl (C=O) groups excluding carboxylic acids is 1. The van der Waals surface area contributed by atoms with Crippen LogP contribution >= 0.6 is 0 Å². The molecule has 0 amide bonds. The molecule has 0 radical (unpaired) electrons. The number of anilines is 5. The molecule has 7 nitrogen and oxygen atoms in total. The average molecular weight is 893 g/mol. The van der Waals surface area contributed by atoms with Gasteiger partial charge in [-0.05, 0) is 171 Å². The molecule has 3 aliphatic carbocycles. The third kappa shape index (κ3) is 14.1. The quantitative estimate of drug-likeness (QED) is 0.111. The molecule has 4 aromatic rings. The molecule has 1 aromatic heterocycles. The van der Waals surface area contributed by atoms with E-state index in [9.17, 15) is 4.79 Å². The molecule has 3 aliphatic rings. The summed E-state index contributed by atoms with van der Waals surface area (Å²) in [4.78, 5) is 32.1. The topological polar surface area (TPSA) is 64.4 Å². The van der Waals surface area contributed by atoms with Crippen molar-refractivity contribution >= 4 is 47.4 Å². The van der Waals surface area contributed by atoms with Gasteiger partial charge >= 0.3 is 0 Å². The number of rotatable bonds is 11. The highest BCUT2D eigenvalue weighted by atomic mass is 16.1. The summed E-state index contributed by atoms with van der Waals surface area (Å²) in [5.41, 5.74) is 7.74. The van der Waals surface area contributed by atoms with Gasteiger partial charge in [0.15, 0.2) is 0 Å². The van der Waals surface area contributed by atoms with Crippen LogP contribution in [0.4, 0.5) is 28.7 Å². The second-order valence-electron chi connectivity index (χ2n) is 23.1. The van der Waals surface area contributed by atoms with Gasteiger partial charge in [-0.2, -0.15) is 0 Å². The molecule has 7 rings (SSSR count). The van der Waals surface area contributed by atoms with Crippen LogP contribution in [0, 0.1) is 34.0 Å². The third-order valence-corrected chi connectivity index (χ3v) is 15.6. The molecule has 1 heterocycles. The van der Waals surface area contributed by atoms with Crippen LogP contribution < -0.4 is 14.7 Å². The largest absolute Gasteiger partial charge is 0.372 e. The van der Waals surface area contributed by atoms with Crippen molar-refractivity contribution in [1.82, 2.24) is 4.98 Å². The van der Waals surface area contributed by atoms with Crippen LogP contribution in [-0.4, -0.2) is 63.0 Å². The van der Waals surface area contributed by atoms with Crippen molar-refractivity contribution in [2.45, 2.75) is 157 Å². The van der Waals surface area contributed by atoms with E-state index in [-0.39, 0.29) is 0 Å². The van der Waals surface area contributed by atoms with Gasteiger partial charge in [0.05, 0.1) is 0 Å². The fourth-order valence-corrected chi connectivity index (χ4v) is 10.5. The fraction of sp³-hybridized carbons (Fsp3) is 0.559. The van der Waals surface area contributed by atoms with Crippen molar-refractivity contribution < 1.29 is 4.79 Å². The van der Waals surface area contributed by atoms with E-state index in [1.54, 1.807) is 0 Å². The lowest BCUT2D eigenvalue weighted by atomic mass is 9.71. The van der Waals surface area contributed by atoms with Gasteiger partial charge in [0, 0.05) is 74.3 Å². The van der Waals surface area contributed by atoms with Gasteiger partial charge in [-0.3, -0.25) is 14.8 Å². The van der Waals surface area contributed by atoms with Crippen LogP contribution in [0.3, 0.4) is 0 Å². The van der Waals surface area contributed by atoms with Gasteiger partial charge in [-0.1, -0.05) is 105 Å². The molecule has 0 aliphatic heterocycles. The van der Waals surface area contributed by atoms with Gasteiger partial charge in [0.1, 0.15) is 17.9 Å². The van der Waals surface area contributed by atoms with Crippen molar-refractivity contribution in [3.05, 3.63) is 108 Å². The smallest absolute Gasteiger partial charge is 0.150 e. The van der Waals surface area contributed by atoms with E-state index in [4.69, 9.17) is 15.0 Å². The lowest BCUT2D eigenvalue weighted by Crippen LogP contribution is -2.37. The summed E-state index contributed by atoms with van der Waals surface area (Å²) >= 11 is 0. The predicted octanol–water partition coefficient (Wildman–Crippen LogP) is 15.2.